The summed E-state index contributed by atoms with van der Waals surface area (Å²) in [5.41, 5.74) is 5.36. The van der Waals surface area contributed by atoms with E-state index in [1.165, 1.54) is 11.8 Å². The lowest BCUT2D eigenvalue weighted by Gasteiger charge is -2.00. The van der Waals surface area contributed by atoms with Crippen LogP contribution >= 0.6 is 11.8 Å². The zero-order valence-electron chi connectivity index (χ0n) is 7.19. The second-order valence-corrected chi connectivity index (χ2v) is 3.43. The van der Waals surface area contributed by atoms with Crippen molar-refractivity contribution in [1.82, 2.24) is 20.2 Å². The fraction of sp³-hybridized carbons (Fsp3) is 0.833. The Bertz CT molecular complexity index is 241. The van der Waals surface area contributed by atoms with Crippen molar-refractivity contribution in [3.63, 3.8) is 0 Å². The lowest BCUT2D eigenvalue weighted by atomic mass is 10.6. The number of hydrogen-bond donors (Lipinski definition) is 1. The number of hydrogen-bond acceptors (Lipinski definition) is 5. The Hall–Kier alpha value is -0.690. The average molecular weight is 205 g/mol. The van der Waals surface area contributed by atoms with Gasteiger partial charge in [-0.05, 0) is 16.8 Å². The van der Waals surface area contributed by atoms with Gasteiger partial charge in [-0.25, -0.2) is 4.68 Å². The van der Waals surface area contributed by atoms with Gasteiger partial charge in [0.05, 0.1) is 13.2 Å². The van der Waals surface area contributed by atoms with Crippen LogP contribution in [0.5, 0.6) is 0 Å². The first-order chi connectivity index (χ1) is 6.38. The highest BCUT2D eigenvalue weighted by molar-refractivity contribution is 7.99. The first-order valence-electron chi connectivity index (χ1n) is 4.03. The van der Waals surface area contributed by atoms with Gasteiger partial charge in [-0.15, -0.1) is 5.10 Å². The molecule has 0 aliphatic carbocycles. The van der Waals surface area contributed by atoms with Crippen LogP contribution < -0.4 is 5.73 Å². The fourth-order valence-corrected chi connectivity index (χ4v) is 1.59. The normalized spacial score (nSPS) is 10.6. The van der Waals surface area contributed by atoms with Gasteiger partial charge in [0.25, 0.3) is 0 Å². The van der Waals surface area contributed by atoms with Gasteiger partial charge in [0.1, 0.15) is 0 Å². The summed E-state index contributed by atoms with van der Waals surface area (Å²) in [5, 5.41) is 11.8. The van der Waals surface area contributed by atoms with Gasteiger partial charge in [-0.1, -0.05) is 11.8 Å². The van der Waals surface area contributed by atoms with E-state index in [9.17, 15) is 4.39 Å². The van der Waals surface area contributed by atoms with E-state index < -0.39 is 0 Å². The zero-order valence-corrected chi connectivity index (χ0v) is 8.00. The Morgan fingerprint density at radius 1 is 1.54 bits per heavy atom. The highest BCUT2D eigenvalue weighted by atomic mass is 32.2. The zero-order chi connectivity index (χ0) is 9.52. The third-order valence-electron chi connectivity index (χ3n) is 1.35. The van der Waals surface area contributed by atoms with Gasteiger partial charge in [-0.3, -0.25) is 4.39 Å². The molecule has 74 valence electrons. The van der Waals surface area contributed by atoms with Gasteiger partial charge < -0.3 is 5.73 Å². The number of thioether (sulfide) groups is 1. The minimum absolute atomic E-state index is 0.300. The maximum Gasteiger partial charge on any atom is 0.209 e. The second kappa shape index (κ2) is 5.87. The predicted octanol–water partition coefficient (Wildman–Crippen LogP) is 0.0835. The molecule has 0 radical (unpaired) electrons. The second-order valence-electron chi connectivity index (χ2n) is 2.36. The van der Waals surface area contributed by atoms with Crippen LogP contribution in [-0.2, 0) is 6.54 Å². The van der Waals surface area contributed by atoms with Crippen molar-refractivity contribution in [2.45, 2.75) is 18.1 Å². The van der Waals surface area contributed by atoms with Gasteiger partial charge in [0.15, 0.2) is 0 Å². The quantitative estimate of drug-likeness (QED) is 0.526. The average Bonchev–Trinajstić information content (AvgIpc) is 2.54. The van der Waals surface area contributed by atoms with Crippen LogP contribution in [0.1, 0.15) is 6.42 Å². The molecule has 1 heterocycles. The van der Waals surface area contributed by atoms with Crippen molar-refractivity contribution < 1.29 is 4.39 Å². The predicted molar refractivity (Wildman–Crippen MR) is 48.2 cm³/mol. The van der Waals surface area contributed by atoms with Crippen LogP contribution in [0.2, 0.25) is 0 Å². The summed E-state index contributed by atoms with van der Waals surface area (Å²) in [4.78, 5) is 0. The maximum absolute atomic E-state index is 11.8. The molecule has 0 aliphatic rings. The van der Waals surface area contributed by atoms with Crippen molar-refractivity contribution >= 4 is 11.8 Å². The molecule has 0 aromatic carbocycles. The summed E-state index contributed by atoms with van der Waals surface area (Å²) in [6.07, 6.45) is 0.528. The summed E-state index contributed by atoms with van der Waals surface area (Å²) in [6, 6.07) is 0. The summed E-state index contributed by atoms with van der Waals surface area (Å²) >= 11 is 1.45. The van der Waals surface area contributed by atoms with E-state index in [1.54, 1.807) is 4.68 Å². The van der Waals surface area contributed by atoms with Crippen LogP contribution in [-0.4, -0.2) is 39.2 Å². The molecular formula is C6H12FN5S. The van der Waals surface area contributed by atoms with Gasteiger partial charge in [0, 0.05) is 12.3 Å². The molecule has 0 saturated carbocycles. The van der Waals surface area contributed by atoms with Crippen molar-refractivity contribution in [3.05, 3.63) is 0 Å². The van der Waals surface area contributed by atoms with E-state index in [0.717, 1.165) is 0 Å². The van der Waals surface area contributed by atoms with Gasteiger partial charge in [-0.2, -0.15) is 0 Å². The molecule has 5 nitrogen and oxygen atoms in total. The Labute approximate surface area is 79.9 Å². The smallest absolute Gasteiger partial charge is 0.209 e. The number of halogens is 1. The molecule has 0 spiro atoms. The molecule has 0 fully saturated rings. The molecule has 0 atom stereocenters. The van der Waals surface area contributed by atoms with E-state index in [2.05, 4.69) is 15.5 Å². The summed E-state index contributed by atoms with van der Waals surface area (Å²) in [5.74, 6) is 0.696. The molecule has 0 unspecified atom stereocenters. The Balaban J connectivity index is 2.40. The molecule has 13 heavy (non-hydrogen) atoms. The van der Waals surface area contributed by atoms with Crippen LogP contribution in [0.3, 0.4) is 0 Å². The third-order valence-corrected chi connectivity index (χ3v) is 2.39. The van der Waals surface area contributed by atoms with Crippen molar-refractivity contribution in [2.75, 3.05) is 19.0 Å². The molecule has 0 saturated heterocycles. The SMILES string of the molecule is NCCn1nnnc1SCCCF. The molecule has 7 heteroatoms. The lowest BCUT2D eigenvalue weighted by molar-refractivity contribution is 0.489. The number of nitrogens with two attached hydrogens (primary N) is 1. The van der Waals surface area contributed by atoms with E-state index in [0.29, 0.717) is 30.4 Å². The number of rotatable bonds is 6. The summed E-state index contributed by atoms with van der Waals surface area (Å²) < 4.78 is 13.4. The molecule has 1 aromatic heterocycles. The minimum Gasteiger partial charge on any atom is -0.329 e. The van der Waals surface area contributed by atoms with Crippen LogP contribution in [0, 0.1) is 0 Å². The maximum atomic E-state index is 11.8. The highest BCUT2D eigenvalue weighted by Gasteiger charge is 2.04. The minimum atomic E-state index is -0.300. The number of nitrogens with zero attached hydrogens (tertiary/aromatic N) is 4. The Morgan fingerprint density at radius 2 is 2.38 bits per heavy atom. The lowest BCUT2D eigenvalue weighted by Crippen LogP contribution is -2.12. The first-order valence-corrected chi connectivity index (χ1v) is 5.02. The monoisotopic (exact) mass is 205 g/mol. The van der Waals surface area contributed by atoms with Crippen LogP contribution in [0.25, 0.3) is 0 Å². The standard InChI is InChI=1S/C6H12FN5S/c7-2-1-5-13-6-9-10-11-12(6)4-3-8/h1-5,8H2. The molecule has 2 N–H and O–H groups in total. The molecule has 0 aliphatic heterocycles. The summed E-state index contributed by atoms with van der Waals surface area (Å²) in [7, 11) is 0. The van der Waals surface area contributed by atoms with E-state index in [4.69, 9.17) is 5.73 Å². The Kier molecular flexibility index (Phi) is 4.69. The van der Waals surface area contributed by atoms with Crippen molar-refractivity contribution in [1.29, 1.82) is 0 Å². The van der Waals surface area contributed by atoms with Crippen LogP contribution in [0.15, 0.2) is 5.16 Å². The van der Waals surface area contributed by atoms with E-state index in [-0.39, 0.29) is 6.67 Å². The van der Waals surface area contributed by atoms with Gasteiger partial charge in [0.2, 0.25) is 5.16 Å². The van der Waals surface area contributed by atoms with Gasteiger partial charge >= 0.3 is 0 Å². The molecular weight excluding hydrogens is 193 g/mol. The molecule has 1 rings (SSSR count). The van der Waals surface area contributed by atoms with E-state index in [1.807, 2.05) is 0 Å². The van der Waals surface area contributed by atoms with E-state index >= 15 is 0 Å². The molecule has 0 bridgehead atoms. The fourth-order valence-electron chi connectivity index (χ4n) is 0.780. The highest BCUT2D eigenvalue weighted by Crippen LogP contribution is 2.13. The third kappa shape index (κ3) is 3.27. The summed E-state index contributed by atoms with van der Waals surface area (Å²) in [6.45, 7) is 0.804. The molecule has 1 aromatic rings. The molecule has 0 amide bonds. The topological polar surface area (TPSA) is 69.6 Å². The number of tetrazole rings is 1. The van der Waals surface area contributed by atoms with Crippen molar-refractivity contribution in [3.8, 4) is 0 Å². The number of aromatic nitrogens is 4. The van der Waals surface area contributed by atoms with Crippen molar-refractivity contribution in [2.24, 2.45) is 5.73 Å². The largest absolute Gasteiger partial charge is 0.329 e. The first kappa shape index (κ1) is 10.4. The van der Waals surface area contributed by atoms with Crippen LogP contribution in [0.4, 0.5) is 4.39 Å². The Morgan fingerprint density at radius 3 is 3.08 bits per heavy atom. The number of alkyl halides is 1.